The Balaban J connectivity index is 2.65. The molecule has 0 spiro atoms. The van der Waals surface area contributed by atoms with E-state index in [-0.39, 0.29) is 6.61 Å². The van der Waals surface area contributed by atoms with Crippen molar-refractivity contribution < 1.29 is 29.9 Å². The van der Waals surface area contributed by atoms with Gasteiger partial charge in [-0.2, -0.15) is 0 Å². The van der Waals surface area contributed by atoms with Crippen molar-refractivity contribution in [2.45, 2.75) is 30.7 Å². The highest BCUT2D eigenvalue weighted by atomic mass is 16.6. The second-order valence-corrected chi connectivity index (χ2v) is 3.32. The second kappa shape index (κ2) is 5.55. The topological polar surface area (TPSA) is 99.4 Å². The van der Waals surface area contributed by atoms with Gasteiger partial charge in [-0.25, -0.2) is 0 Å². The molecule has 4 N–H and O–H groups in total. The smallest absolute Gasteiger partial charge is 0.184 e. The van der Waals surface area contributed by atoms with Crippen molar-refractivity contribution in [2.75, 3.05) is 13.2 Å². The van der Waals surface area contributed by atoms with Gasteiger partial charge < -0.3 is 29.9 Å². The molecule has 1 unspecified atom stereocenters. The van der Waals surface area contributed by atoms with Crippen LogP contribution in [0.15, 0.2) is 12.7 Å². The van der Waals surface area contributed by atoms with Crippen LogP contribution in [-0.2, 0) is 9.47 Å². The molecule has 0 bridgehead atoms. The average molecular weight is 220 g/mol. The highest BCUT2D eigenvalue weighted by molar-refractivity contribution is 4.90. The first kappa shape index (κ1) is 12.6. The molecule has 1 aliphatic heterocycles. The summed E-state index contributed by atoms with van der Waals surface area (Å²) in [5, 5.41) is 37.2. The van der Waals surface area contributed by atoms with Crippen molar-refractivity contribution >= 4 is 0 Å². The summed E-state index contributed by atoms with van der Waals surface area (Å²) >= 11 is 0. The third-order valence-corrected chi connectivity index (χ3v) is 2.25. The maximum atomic E-state index is 9.63. The number of hydrogen-bond donors (Lipinski definition) is 4. The van der Waals surface area contributed by atoms with E-state index in [0.29, 0.717) is 0 Å². The van der Waals surface area contributed by atoms with Crippen LogP contribution < -0.4 is 0 Å². The minimum atomic E-state index is -1.47. The first-order valence-electron chi connectivity index (χ1n) is 4.64. The van der Waals surface area contributed by atoms with Gasteiger partial charge in [-0.3, -0.25) is 0 Å². The summed E-state index contributed by atoms with van der Waals surface area (Å²) in [5.74, 6) is 0. The first-order chi connectivity index (χ1) is 7.11. The molecule has 0 aromatic rings. The molecule has 6 heteroatoms. The summed E-state index contributed by atoms with van der Waals surface area (Å²) in [7, 11) is 0. The Bertz CT molecular complexity index is 209. The summed E-state index contributed by atoms with van der Waals surface area (Å²) in [6.07, 6.45) is -4.51. The zero-order chi connectivity index (χ0) is 11.4. The second-order valence-electron chi connectivity index (χ2n) is 3.32. The lowest BCUT2D eigenvalue weighted by atomic mass is 9.99. The van der Waals surface area contributed by atoms with Crippen molar-refractivity contribution in [2.24, 2.45) is 0 Å². The molecule has 15 heavy (non-hydrogen) atoms. The Morgan fingerprint density at radius 2 is 1.93 bits per heavy atom. The standard InChI is InChI=1S/C9H16O6/c1-2-3-14-8-6(11)5(4-10)15-9(13)7(8)12/h2,5-13H,1,3-4H2/t5-,6-,7-,8+,9?/m1/s1. The zero-order valence-electron chi connectivity index (χ0n) is 8.19. The van der Waals surface area contributed by atoms with Gasteiger partial charge in [0.25, 0.3) is 0 Å². The van der Waals surface area contributed by atoms with Gasteiger partial charge in [-0.05, 0) is 0 Å². The van der Waals surface area contributed by atoms with E-state index >= 15 is 0 Å². The van der Waals surface area contributed by atoms with Crippen LogP contribution in [0.2, 0.25) is 0 Å². The highest BCUT2D eigenvalue weighted by Crippen LogP contribution is 2.22. The quantitative estimate of drug-likeness (QED) is 0.408. The molecular formula is C9H16O6. The molecule has 0 aromatic carbocycles. The van der Waals surface area contributed by atoms with E-state index in [1.165, 1.54) is 6.08 Å². The van der Waals surface area contributed by atoms with E-state index in [1.54, 1.807) is 0 Å². The van der Waals surface area contributed by atoms with Crippen LogP contribution in [-0.4, -0.2) is 64.3 Å². The van der Waals surface area contributed by atoms with Gasteiger partial charge in [-0.15, -0.1) is 6.58 Å². The van der Waals surface area contributed by atoms with E-state index in [0.717, 1.165) is 0 Å². The highest BCUT2D eigenvalue weighted by Gasteiger charge is 2.44. The van der Waals surface area contributed by atoms with E-state index in [9.17, 15) is 15.3 Å². The van der Waals surface area contributed by atoms with Crippen molar-refractivity contribution in [1.29, 1.82) is 0 Å². The first-order valence-corrected chi connectivity index (χ1v) is 4.64. The molecule has 1 rings (SSSR count). The van der Waals surface area contributed by atoms with Gasteiger partial charge in [0, 0.05) is 0 Å². The predicted octanol–water partition coefficient (Wildman–Crippen LogP) is -2.01. The van der Waals surface area contributed by atoms with E-state index < -0.39 is 37.3 Å². The maximum Gasteiger partial charge on any atom is 0.184 e. The molecular weight excluding hydrogens is 204 g/mol. The van der Waals surface area contributed by atoms with Crippen LogP contribution >= 0.6 is 0 Å². The Kier molecular flexibility index (Phi) is 4.65. The van der Waals surface area contributed by atoms with Crippen LogP contribution in [0.25, 0.3) is 0 Å². The molecule has 1 aliphatic rings. The Morgan fingerprint density at radius 3 is 2.47 bits per heavy atom. The van der Waals surface area contributed by atoms with E-state index in [1.807, 2.05) is 0 Å². The van der Waals surface area contributed by atoms with Gasteiger partial charge in [0.05, 0.1) is 13.2 Å². The van der Waals surface area contributed by atoms with Crippen molar-refractivity contribution in [3.63, 3.8) is 0 Å². The summed E-state index contributed by atoms with van der Waals surface area (Å²) in [5.41, 5.74) is 0. The monoisotopic (exact) mass is 220 g/mol. The van der Waals surface area contributed by atoms with Gasteiger partial charge >= 0.3 is 0 Å². The average Bonchev–Trinajstić information content (AvgIpc) is 2.23. The normalized spacial score (nSPS) is 41.5. The SMILES string of the molecule is C=CCO[C@H]1[C@H](O)[C@@H](CO)OC(O)[C@@H]1O. The lowest BCUT2D eigenvalue weighted by Crippen LogP contribution is -2.59. The number of rotatable bonds is 4. The minimum Gasteiger partial charge on any atom is -0.394 e. The molecule has 0 radical (unpaired) electrons. The largest absolute Gasteiger partial charge is 0.394 e. The predicted molar refractivity (Wildman–Crippen MR) is 49.9 cm³/mol. The summed E-state index contributed by atoms with van der Waals surface area (Å²) in [4.78, 5) is 0. The fourth-order valence-corrected chi connectivity index (χ4v) is 1.44. The number of hydrogen-bond acceptors (Lipinski definition) is 6. The Morgan fingerprint density at radius 1 is 1.27 bits per heavy atom. The van der Waals surface area contributed by atoms with Crippen LogP contribution in [0.3, 0.4) is 0 Å². The molecule has 88 valence electrons. The van der Waals surface area contributed by atoms with Gasteiger partial charge in [0.15, 0.2) is 6.29 Å². The summed E-state index contributed by atoms with van der Waals surface area (Å²) < 4.78 is 9.86. The van der Waals surface area contributed by atoms with Crippen LogP contribution in [0.4, 0.5) is 0 Å². The van der Waals surface area contributed by atoms with Crippen LogP contribution in [0.5, 0.6) is 0 Å². The van der Waals surface area contributed by atoms with E-state index in [2.05, 4.69) is 6.58 Å². The molecule has 6 nitrogen and oxygen atoms in total. The maximum absolute atomic E-state index is 9.63. The minimum absolute atomic E-state index is 0.129. The molecule has 0 saturated carbocycles. The lowest BCUT2D eigenvalue weighted by molar-refractivity contribution is -0.292. The fourth-order valence-electron chi connectivity index (χ4n) is 1.44. The van der Waals surface area contributed by atoms with Gasteiger partial charge in [-0.1, -0.05) is 6.08 Å². The third kappa shape index (κ3) is 2.75. The molecule has 5 atom stereocenters. The molecule has 1 fully saturated rings. The number of ether oxygens (including phenoxy) is 2. The zero-order valence-corrected chi connectivity index (χ0v) is 8.19. The Hall–Kier alpha value is -0.500. The van der Waals surface area contributed by atoms with Crippen molar-refractivity contribution in [3.8, 4) is 0 Å². The molecule has 0 amide bonds. The van der Waals surface area contributed by atoms with Crippen molar-refractivity contribution in [3.05, 3.63) is 12.7 Å². The van der Waals surface area contributed by atoms with E-state index in [4.69, 9.17) is 14.6 Å². The third-order valence-electron chi connectivity index (χ3n) is 2.25. The summed E-state index contributed by atoms with van der Waals surface area (Å²) in [6.45, 7) is 3.09. The van der Waals surface area contributed by atoms with Crippen LogP contribution in [0, 0.1) is 0 Å². The van der Waals surface area contributed by atoms with Gasteiger partial charge in [0.2, 0.25) is 0 Å². The molecule has 0 aromatic heterocycles. The molecule has 1 heterocycles. The lowest BCUT2D eigenvalue weighted by Gasteiger charge is -2.39. The molecule has 0 aliphatic carbocycles. The Labute approximate surface area is 87.4 Å². The number of aliphatic hydroxyl groups is 4. The van der Waals surface area contributed by atoms with Crippen molar-refractivity contribution in [1.82, 2.24) is 0 Å². The number of aliphatic hydroxyl groups excluding tert-OH is 4. The van der Waals surface area contributed by atoms with Crippen LogP contribution in [0.1, 0.15) is 0 Å². The van der Waals surface area contributed by atoms with Gasteiger partial charge in [0.1, 0.15) is 24.4 Å². The molecule has 1 saturated heterocycles. The summed E-state index contributed by atoms with van der Waals surface area (Å²) in [6, 6.07) is 0. The fraction of sp³-hybridized carbons (Fsp3) is 0.778.